The van der Waals surface area contributed by atoms with Crippen molar-refractivity contribution in [2.75, 3.05) is 6.61 Å². The Morgan fingerprint density at radius 1 is 1.75 bits per heavy atom. The second-order valence-corrected chi connectivity index (χ2v) is 1.78. The number of hydrogen-bond donors (Lipinski definition) is 2. The molecule has 1 aliphatic rings. The van der Waals surface area contributed by atoms with Gasteiger partial charge in [-0.3, -0.25) is 4.74 Å². The molecule has 0 saturated carbocycles. The lowest BCUT2D eigenvalue weighted by Gasteiger charge is -2.12. The Bertz CT molecular complexity index is 90.0. The summed E-state index contributed by atoms with van der Waals surface area (Å²) in [4.78, 5) is 0. The smallest absolute Gasteiger partial charge is 0.279 e. The second-order valence-electron chi connectivity index (χ2n) is 1.78. The highest BCUT2D eigenvalue weighted by Crippen LogP contribution is 2.17. The average Bonchev–Trinajstić information content (AvgIpc) is 1.82. The predicted octanol–water partition coefficient (Wildman–Crippen LogP) is -0.982. The van der Waals surface area contributed by atoms with Crippen LogP contribution in [0.1, 0.15) is 6.92 Å². The summed E-state index contributed by atoms with van der Waals surface area (Å²) in [5, 5.41) is 17.3. The van der Waals surface area contributed by atoms with Crippen LogP contribution >= 0.6 is 0 Å². The minimum absolute atomic E-state index is 0.0347. The van der Waals surface area contributed by atoms with Gasteiger partial charge < -0.3 is 14.9 Å². The summed E-state index contributed by atoms with van der Waals surface area (Å²) < 4.78 is 8.97. The zero-order chi connectivity index (χ0) is 6.20. The van der Waals surface area contributed by atoms with Gasteiger partial charge in [0.05, 0.1) is 0 Å². The number of aliphatic hydroxyl groups excluding tert-OH is 1. The van der Waals surface area contributed by atoms with Crippen LogP contribution in [0.25, 0.3) is 0 Å². The Morgan fingerprint density at radius 3 is 2.50 bits per heavy atom. The Balaban J connectivity index is 2.44. The van der Waals surface area contributed by atoms with Gasteiger partial charge in [-0.05, 0) is 0 Å². The predicted molar refractivity (Wildman–Crippen MR) is 23.7 cm³/mol. The van der Waals surface area contributed by atoms with Crippen molar-refractivity contribution in [3.05, 3.63) is 0 Å². The van der Waals surface area contributed by atoms with Gasteiger partial charge in [0.1, 0.15) is 6.61 Å². The molecule has 1 saturated heterocycles. The third-order valence-electron chi connectivity index (χ3n) is 0.848. The topological polar surface area (TPSA) is 58.9 Å². The largest absolute Gasteiger partial charge is 0.366 e. The van der Waals surface area contributed by atoms with E-state index in [1.807, 2.05) is 0 Å². The van der Waals surface area contributed by atoms with E-state index in [0.717, 1.165) is 0 Å². The van der Waals surface area contributed by atoms with Crippen LogP contribution < -0.4 is 0 Å². The van der Waals surface area contributed by atoms with E-state index in [4.69, 9.17) is 10.2 Å². The molecule has 1 aliphatic heterocycles. The lowest BCUT2D eigenvalue weighted by molar-refractivity contribution is -0.312. The van der Waals surface area contributed by atoms with Crippen LogP contribution in [0, 0.1) is 0 Å². The molecule has 0 aromatic heterocycles. The van der Waals surface area contributed by atoms with Gasteiger partial charge in [0, 0.05) is 6.92 Å². The lowest BCUT2D eigenvalue weighted by atomic mass is 10.7. The molecule has 0 spiro atoms. The molecule has 2 atom stereocenters. The molecule has 0 aromatic carbocycles. The molecule has 2 unspecified atom stereocenters. The van der Waals surface area contributed by atoms with Crippen LogP contribution in [-0.4, -0.2) is 29.1 Å². The Labute approximate surface area is 46.6 Å². The van der Waals surface area contributed by atoms with Crippen molar-refractivity contribution in [2.24, 2.45) is 0 Å². The second kappa shape index (κ2) is 1.66. The van der Waals surface area contributed by atoms with Crippen LogP contribution in [0.2, 0.25) is 0 Å². The van der Waals surface area contributed by atoms with Crippen LogP contribution in [0.3, 0.4) is 0 Å². The molecule has 8 heavy (non-hydrogen) atoms. The normalized spacial score (nSPS) is 47.6. The third kappa shape index (κ3) is 1.16. The quantitative estimate of drug-likeness (QED) is 0.431. The lowest BCUT2D eigenvalue weighted by Crippen LogP contribution is -2.25. The standard InChI is InChI=1S/C4H8O4/c1-4(6)7-2-3(5)8-4/h3,5-6H,2H2,1H3. The third-order valence-corrected chi connectivity index (χ3v) is 0.848. The van der Waals surface area contributed by atoms with Crippen molar-refractivity contribution in [1.29, 1.82) is 0 Å². The van der Waals surface area contributed by atoms with Gasteiger partial charge in [0.15, 0.2) is 6.29 Å². The molecule has 0 radical (unpaired) electrons. The molecule has 4 heteroatoms. The molecule has 0 aliphatic carbocycles. The van der Waals surface area contributed by atoms with E-state index in [-0.39, 0.29) is 6.61 Å². The molecule has 1 rings (SSSR count). The molecule has 1 fully saturated rings. The average molecular weight is 120 g/mol. The number of hydrogen-bond acceptors (Lipinski definition) is 4. The van der Waals surface area contributed by atoms with Crippen LogP contribution in [0.15, 0.2) is 0 Å². The van der Waals surface area contributed by atoms with Crippen molar-refractivity contribution in [3.8, 4) is 0 Å². The highest BCUT2D eigenvalue weighted by Gasteiger charge is 2.33. The van der Waals surface area contributed by atoms with E-state index < -0.39 is 12.3 Å². The summed E-state index contributed by atoms with van der Waals surface area (Å²) in [6.07, 6.45) is -0.981. The first-order valence-corrected chi connectivity index (χ1v) is 2.32. The molecule has 48 valence electrons. The summed E-state index contributed by atoms with van der Waals surface area (Å²) >= 11 is 0. The first-order valence-electron chi connectivity index (χ1n) is 2.32. The SMILES string of the molecule is CC1(O)OCC(O)O1. The minimum Gasteiger partial charge on any atom is -0.366 e. The van der Waals surface area contributed by atoms with Crippen molar-refractivity contribution >= 4 is 0 Å². The molecule has 0 aromatic rings. The fourth-order valence-electron chi connectivity index (χ4n) is 0.546. The Kier molecular flexibility index (Phi) is 1.24. The van der Waals surface area contributed by atoms with Gasteiger partial charge in [-0.2, -0.15) is 0 Å². The van der Waals surface area contributed by atoms with Crippen molar-refractivity contribution in [3.63, 3.8) is 0 Å². The maximum absolute atomic E-state index is 8.76. The fourth-order valence-corrected chi connectivity index (χ4v) is 0.546. The number of ether oxygens (including phenoxy) is 2. The van der Waals surface area contributed by atoms with E-state index in [0.29, 0.717) is 0 Å². The minimum atomic E-state index is -1.58. The molecular formula is C4H8O4. The van der Waals surface area contributed by atoms with Gasteiger partial charge in [-0.25, -0.2) is 0 Å². The molecule has 4 nitrogen and oxygen atoms in total. The summed E-state index contributed by atoms with van der Waals surface area (Å²) in [6, 6.07) is 0. The molecule has 2 N–H and O–H groups in total. The van der Waals surface area contributed by atoms with E-state index in [1.165, 1.54) is 6.92 Å². The van der Waals surface area contributed by atoms with Crippen LogP contribution in [0.4, 0.5) is 0 Å². The Hall–Kier alpha value is -0.160. The van der Waals surface area contributed by atoms with Crippen LogP contribution in [0.5, 0.6) is 0 Å². The highest BCUT2D eigenvalue weighted by molar-refractivity contribution is 4.54. The monoisotopic (exact) mass is 120 g/mol. The van der Waals surface area contributed by atoms with Gasteiger partial charge in [0.25, 0.3) is 5.97 Å². The summed E-state index contributed by atoms with van der Waals surface area (Å²) in [5.74, 6) is -1.58. The number of aliphatic hydroxyl groups is 2. The fraction of sp³-hybridized carbons (Fsp3) is 1.00. The van der Waals surface area contributed by atoms with Crippen molar-refractivity contribution in [1.82, 2.24) is 0 Å². The summed E-state index contributed by atoms with van der Waals surface area (Å²) in [7, 11) is 0. The molecule has 1 heterocycles. The van der Waals surface area contributed by atoms with Crippen molar-refractivity contribution < 1.29 is 19.7 Å². The summed E-state index contributed by atoms with van der Waals surface area (Å²) in [5.41, 5.74) is 0. The number of rotatable bonds is 0. The zero-order valence-electron chi connectivity index (χ0n) is 4.50. The zero-order valence-corrected chi connectivity index (χ0v) is 4.50. The van der Waals surface area contributed by atoms with Gasteiger partial charge >= 0.3 is 0 Å². The van der Waals surface area contributed by atoms with E-state index in [9.17, 15) is 0 Å². The summed E-state index contributed by atoms with van der Waals surface area (Å²) in [6.45, 7) is 1.36. The maximum Gasteiger partial charge on any atom is 0.279 e. The van der Waals surface area contributed by atoms with Crippen LogP contribution in [-0.2, 0) is 9.47 Å². The van der Waals surface area contributed by atoms with Crippen molar-refractivity contribution in [2.45, 2.75) is 19.2 Å². The van der Waals surface area contributed by atoms with Gasteiger partial charge in [0.2, 0.25) is 0 Å². The highest BCUT2D eigenvalue weighted by atomic mass is 16.9. The van der Waals surface area contributed by atoms with E-state index in [2.05, 4.69) is 9.47 Å². The first kappa shape index (κ1) is 5.97. The Morgan fingerprint density at radius 2 is 2.38 bits per heavy atom. The van der Waals surface area contributed by atoms with Gasteiger partial charge in [-0.1, -0.05) is 0 Å². The molecular weight excluding hydrogens is 112 g/mol. The van der Waals surface area contributed by atoms with Gasteiger partial charge in [-0.15, -0.1) is 0 Å². The van der Waals surface area contributed by atoms with E-state index >= 15 is 0 Å². The van der Waals surface area contributed by atoms with E-state index in [1.54, 1.807) is 0 Å². The first-order chi connectivity index (χ1) is 3.60. The maximum atomic E-state index is 8.76. The molecule has 0 bridgehead atoms. The molecule has 0 amide bonds.